The lowest BCUT2D eigenvalue weighted by Gasteiger charge is -2.13. The van der Waals surface area contributed by atoms with E-state index in [1.165, 1.54) is 27.3 Å². The van der Waals surface area contributed by atoms with E-state index in [0.29, 0.717) is 33.8 Å². The highest BCUT2D eigenvalue weighted by Crippen LogP contribution is 2.32. The number of rotatable bonds is 7. The predicted molar refractivity (Wildman–Crippen MR) is 141 cm³/mol. The summed E-state index contributed by atoms with van der Waals surface area (Å²) < 4.78 is 48.4. The topological polar surface area (TPSA) is 78.2 Å². The van der Waals surface area contributed by atoms with Gasteiger partial charge in [-0.05, 0) is 60.7 Å². The number of carbonyl (C=O) groups is 1. The predicted octanol–water partition coefficient (Wildman–Crippen LogP) is 5.90. The summed E-state index contributed by atoms with van der Waals surface area (Å²) in [5.74, 6) is -0.0355. The van der Waals surface area contributed by atoms with Crippen molar-refractivity contribution in [2.75, 3.05) is 5.32 Å². The fourth-order valence-corrected chi connectivity index (χ4v) is 4.24. The van der Waals surface area contributed by atoms with Gasteiger partial charge in [-0.15, -0.1) is 0 Å². The fourth-order valence-electron chi connectivity index (χ4n) is 4.24. The molecule has 3 aromatic carbocycles. The molecule has 2 aromatic heterocycles. The summed E-state index contributed by atoms with van der Waals surface area (Å²) in [4.78, 5) is 29.6. The van der Waals surface area contributed by atoms with Gasteiger partial charge in [-0.3, -0.25) is 18.9 Å². The first-order valence-electron chi connectivity index (χ1n) is 11.8. The smallest absolute Gasteiger partial charge is 0.416 e. The number of alkyl halides is 3. The normalized spacial score (nSPS) is 11.4. The Labute approximate surface area is 220 Å². The van der Waals surface area contributed by atoms with Gasteiger partial charge in [0.2, 0.25) is 5.91 Å². The maximum absolute atomic E-state index is 13.7. The summed E-state index contributed by atoms with van der Waals surface area (Å²) in [5, 5.41) is 2.68. The molecular weight excluding hydrogens is 509 g/mol. The minimum atomic E-state index is -4.48. The molecule has 39 heavy (non-hydrogen) atoms. The van der Waals surface area contributed by atoms with Gasteiger partial charge in [0.15, 0.2) is 0 Å². The molecule has 7 nitrogen and oxygen atoms in total. The number of ether oxygens (including phenoxy) is 1. The van der Waals surface area contributed by atoms with E-state index in [2.05, 4.69) is 16.9 Å². The summed E-state index contributed by atoms with van der Waals surface area (Å²) in [6, 6.07) is 20.2. The van der Waals surface area contributed by atoms with Crippen LogP contribution in [0.2, 0.25) is 0 Å². The molecule has 0 aliphatic heterocycles. The molecule has 0 unspecified atom stereocenters. The van der Waals surface area contributed by atoms with Crippen LogP contribution in [0.4, 0.5) is 18.9 Å². The van der Waals surface area contributed by atoms with Gasteiger partial charge in [0.1, 0.15) is 12.4 Å². The van der Waals surface area contributed by atoms with E-state index in [0.717, 1.165) is 12.1 Å². The van der Waals surface area contributed by atoms with Gasteiger partial charge in [0.05, 0.1) is 34.2 Å². The summed E-state index contributed by atoms with van der Waals surface area (Å²) >= 11 is 0. The van der Waals surface area contributed by atoms with Gasteiger partial charge in [0.25, 0.3) is 0 Å². The minimum absolute atomic E-state index is 0.0194. The van der Waals surface area contributed by atoms with Crippen molar-refractivity contribution in [2.45, 2.75) is 12.8 Å². The Kier molecular flexibility index (Phi) is 6.76. The zero-order chi connectivity index (χ0) is 27.6. The van der Waals surface area contributed by atoms with Crippen molar-refractivity contribution in [3.63, 3.8) is 0 Å². The largest absolute Gasteiger partial charge is 0.489 e. The first-order valence-corrected chi connectivity index (χ1v) is 11.8. The third kappa shape index (κ3) is 5.17. The minimum Gasteiger partial charge on any atom is -0.489 e. The van der Waals surface area contributed by atoms with Gasteiger partial charge >= 0.3 is 11.9 Å². The molecule has 0 bridgehead atoms. The first-order chi connectivity index (χ1) is 18.8. The monoisotopic (exact) mass is 530 g/mol. The van der Waals surface area contributed by atoms with Crippen LogP contribution in [-0.2, 0) is 17.6 Å². The molecule has 1 amide bonds. The number of anilines is 1. The molecule has 0 atom stereocenters. The van der Waals surface area contributed by atoms with Crippen LogP contribution in [0.1, 0.15) is 11.1 Å². The van der Waals surface area contributed by atoms with Gasteiger partial charge in [0, 0.05) is 17.4 Å². The number of hydrogen-bond acceptors (Lipinski definition) is 4. The Hall–Kier alpha value is -5.12. The Balaban J connectivity index is 1.47. The molecule has 196 valence electrons. The van der Waals surface area contributed by atoms with Crippen LogP contribution in [0.3, 0.4) is 0 Å². The molecule has 10 heteroatoms. The summed E-state index contributed by atoms with van der Waals surface area (Å²) in [7, 11) is 0. The van der Waals surface area contributed by atoms with Gasteiger partial charge in [-0.2, -0.15) is 13.2 Å². The second-order valence-electron chi connectivity index (χ2n) is 8.50. The lowest BCUT2D eigenvalue weighted by atomic mass is 10.1. The van der Waals surface area contributed by atoms with Gasteiger partial charge in [-0.25, -0.2) is 4.79 Å². The molecule has 2 heterocycles. The number of amides is 1. The highest BCUT2D eigenvalue weighted by Gasteiger charge is 2.33. The zero-order valence-electron chi connectivity index (χ0n) is 20.4. The Morgan fingerprint density at radius 1 is 0.949 bits per heavy atom. The van der Waals surface area contributed by atoms with E-state index >= 15 is 0 Å². The molecule has 0 saturated heterocycles. The maximum atomic E-state index is 13.7. The van der Waals surface area contributed by atoms with Crippen molar-refractivity contribution in [1.29, 1.82) is 0 Å². The van der Waals surface area contributed by atoms with Crippen molar-refractivity contribution < 1.29 is 22.7 Å². The number of imidazole rings is 1. The standard InChI is InChI=1S/C29H21F3N4O3/c1-2-27(37)34-20-7-5-8-22(16-20)36-25-14-15-33-17-26(25)35(28(36)38)21-10-12-23(13-11-21)39-18-19-6-3-4-9-24(19)29(30,31)32/h2-17H,1,18H2,(H,34,37). The third-order valence-electron chi connectivity index (χ3n) is 6.01. The van der Waals surface area contributed by atoms with Crippen LogP contribution >= 0.6 is 0 Å². The molecule has 5 aromatic rings. The first kappa shape index (κ1) is 25.5. The van der Waals surface area contributed by atoms with Gasteiger partial charge in [-0.1, -0.05) is 30.8 Å². The molecule has 0 fully saturated rings. The van der Waals surface area contributed by atoms with Crippen LogP contribution in [0, 0.1) is 0 Å². The number of fused-ring (bicyclic) bond motifs is 1. The number of benzene rings is 3. The molecule has 0 aliphatic rings. The van der Waals surface area contributed by atoms with E-state index in [9.17, 15) is 22.8 Å². The van der Waals surface area contributed by atoms with Crippen molar-refractivity contribution in [3.05, 3.63) is 126 Å². The van der Waals surface area contributed by atoms with E-state index in [1.807, 2.05) is 0 Å². The molecule has 0 saturated carbocycles. The number of pyridine rings is 1. The van der Waals surface area contributed by atoms with E-state index in [4.69, 9.17) is 4.74 Å². The number of carbonyl (C=O) groups excluding carboxylic acids is 1. The van der Waals surface area contributed by atoms with Crippen molar-refractivity contribution in [3.8, 4) is 17.1 Å². The second-order valence-corrected chi connectivity index (χ2v) is 8.50. The molecule has 0 spiro atoms. The lowest BCUT2D eigenvalue weighted by Crippen LogP contribution is -2.22. The van der Waals surface area contributed by atoms with E-state index < -0.39 is 11.7 Å². The Morgan fingerprint density at radius 2 is 1.69 bits per heavy atom. The lowest BCUT2D eigenvalue weighted by molar-refractivity contribution is -0.138. The molecule has 1 N–H and O–H groups in total. The number of halogens is 3. The van der Waals surface area contributed by atoms with Crippen molar-refractivity contribution in [1.82, 2.24) is 14.1 Å². The number of nitrogens with one attached hydrogen (secondary N) is 1. The van der Waals surface area contributed by atoms with Crippen LogP contribution in [0.15, 0.2) is 109 Å². The summed E-state index contributed by atoms with van der Waals surface area (Å²) in [6.07, 6.45) is -0.195. The Morgan fingerprint density at radius 3 is 2.44 bits per heavy atom. The van der Waals surface area contributed by atoms with E-state index in [-0.39, 0.29) is 23.8 Å². The summed E-state index contributed by atoms with van der Waals surface area (Å²) in [5.41, 5.74) is 1.55. The van der Waals surface area contributed by atoms with Crippen LogP contribution in [0.5, 0.6) is 5.75 Å². The molecule has 5 rings (SSSR count). The van der Waals surface area contributed by atoms with Crippen LogP contribution < -0.4 is 15.7 Å². The molecule has 0 radical (unpaired) electrons. The molecule has 0 aliphatic carbocycles. The third-order valence-corrected chi connectivity index (χ3v) is 6.01. The van der Waals surface area contributed by atoms with Crippen molar-refractivity contribution >= 4 is 22.6 Å². The number of hydrogen-bond donors (Lipinski definition) is 1. The number of aromatic nitrogens is 3. The average Bonchev–Trinajstić information content (AvgIpc) is 3.23. The van der Waals surface area contributed by atoms with E-state index in [1.54, 1.807) is 67.0 Å². The van der Waals surface area contributed by atoms with Crippen LogP contribution in [-0.4, -0.2) is 20.0 Å². The second kappa shape index (κ2) is 10.3. The fraction of sp³-hybridized carbons (Fsp3) is 0.0690. The van der Waals surface area contributed by atoms with Crippen molar-refractivity contribution in [2.24, 2.45) is 0 Å². The SMILES string of the molecule is C=CC(=O)Nc1cccc(-n2c(=O)n(-c3ccc(OCc4ccccc4C(F)(F)F)cc3)c3cnccc32)c1. The van der Waals surface area contributed by atoms with Gasteiger partial charge < -0.3 is 10.1 Å². The zero-order valence-corrected chi connectivity index (χ0v) is 20.4. The average molecular weight is 531 g/mol. The molecular formula is C29H21F3N4O3. The number of nitrogens with zero attached hydrogens (tertiary/aromatic N) is 3. The maximum Gasteiger partial charge on any atom is 0.416 e. The quantitative estimate of drug-likeness (QED) is 0.266. The summed E-state index contributed by atoms with van der Waals surface area (Å²) in [6.45, 7) is 3.18. The Bertz CT molecular complexity index is 1740. The highest BCUT2D eigenvalue weighted by molar-refractivity contribution is 5.99. The van der Waals surface area contributed by atoms with Crippen LogP contribution in [0.25, 0.3) is 22.4 Å². The highest BCUT2D eigenvalue weighted by atomic mass is 19.4.